The van der Waals surface area contributed by atoms with Gasteiger partial charge in [0.1, 0.15) is 12.4 Å². The van der Waals surface area contributed by atoms with Crippen molar-refractivity contribution in [1.82, 2.24) is 16.1 Å². The number of anilines is 1. The Bertz CT molecular complexity index is 1260. The van der Waals surface area contributed by atoms with Crippen molar-refractivity contribution in [3.8, 4) is 0 Å². The molecule has 53 heavy (non-hydrogen) atoms. The Hall–Kier alpha value is -4.12. The summed E-state index contributed by atoms with van der Waals surface area (Å²) in [6, 6.07) is 5.15. The highest BCUT2D eigenvalue weighted by atomic mass is 16.7. The molecule has 1 aromatic carbocycles. The maximum Gasteiger partial charge on any atom is 0.431 e. The Morgan fingerprint density at radius 1 is 0.755 bits per heavy atom. The number of benzene rings is 1. The Balaban J connectivity index is 2.57. The Morgan fingerprint density at radius 2 is 1.38 bits per heavy atom. The normalized spacial score (nSPS) is 12.3. The molecule has 5 amide bonds. The number of rotatable bonds is 29. The standard InChI is InChI=1S/C37H61N5O11/c1-25(2)31(43)10-8-17-49-19-21-51-22-20-50-18-15-33(45)41-34(26(3)4)32(44)23-29(9-7-16-39-36(38)47)35(46)40-30-13-11-28(12-14-30)24-52-37(48)42-53-27(5)6/h11-14,25-27,29,34H,7-10,15-24H2,1-6H3,(H,40,46)(H,41,45)(H,42,48)(H3,38,39,47)/t29-,34+/m1/s1. The molecule has 2 atom stereocenters. The van der Waals surface area contributed by atoms with E-state index in [4.69, 9.17) is 29.5 Å². The summed E-state index contributed by atoms with van der Waals surface area (Å²) in [5.41, 5.74) is 8.49. The van der Waals surface area contributed by atoms with Crippen molar-refractivity contribution in [2.75, 3.05) is 51.5 Å². The molecule has 0 bridgehead atoms. The van der Waals surface area contributed by atoms with Gasteiger partial charge in [-0.25, -0.2) is 9.59 Å². The van der Waals surface area contributed by atoms with Crippen molar-refractivity contribution >= 4 is 41.2 Å². The first-order valence-electron chi connectivity index (χ1n) is 18.3. The fourth-order valence-corrected chi connectivity index (χ4v) is 4.74. The van der Waals surface area contributed by atoms with Gasteiger partial charge in [0.15, 0.2) is 5.78 Å². The largest absolute Gasteiger partial charge is 0.443 e. The number of carbonyl (C=O) groups excluding carboxylic acids is 6. The molecule has 0 saturated carbocycles. The van der Waals surface area contributed by atoms with Crippen molar-refractivity contribution in [1.29, 1.82) is 0 Å². The SMILES string of the molecule is CC(C)ONC(=O)OCc1ccc(NC(=O)[C@H](CCCNC(N)=O)CC(=O)[C@@H](NC(=O)CCOCCOCCOCCCC(=O)C(C)C)C(C)C)cc1. The van der Waals surface area contributed by atoms with Crippen LogP contribution in [0.15, 0.2) is 24.3 Å². The minimum Gasteiger partial charge on any atom is -0.443 e. The second-order valence-electron chi connectivity index (χ2n) is 13.4. The second-order valence-corrected chi connectivity index (χ2v) is 13.4. The van der Waals surface area contributed by atoms with Crippen molar-refractivity contribution in [3.05, 3.63) is 29.8 Å². The summed E-state index contributed by atoms with van der Waals surface area (Å²) in [5, 5.41) is 8.10. The third-order valence-corrected chi connectivity index (χ3v) is 7.72. The average Bonchev–Trinajstić information content (AvgIpc) is 3.10. The summed E-state index contributed by atoms with van der Waals surface area (Å²) in [6.45, 7) is 13.2. The molecule has 0 spiro atoms. The highest BCUT2D eigenvalue weighted by Gasteiger charge is 2.29. The van der Waals surface area contributed by atoms with E-state index in [0.717, 1.165) is 0 Å². The van der Waals surface area contributed by atoms with Gasteiger partial charge >= 0.3 is 12.1 Å². The number of hydrogen-bond donors (Lipinski definition) is 5. The van der Waals surface area contributed by atoms with Crippen LogP contribution in [0.25, 0.3) is 0 Å². The molecule has 300 valence electrons. The fourth-order valence-electron chi connectivity index (χ4n) is 4.74. The van der Waals surface area contributed by atoms with Crippen LogP contribution >= 0.6 is 0 Å². The lowest BCUT2D eigenvalue weighted by Gasteiger charge is -2.24. The van der Waals surface area contributed by atoms with E-state index in [2.05, 4.69) is 21.4 Å². The van der Waals surface area contributed by atoms with Gasteiger partial charge in [-0.2, -0.15) is 5.48 Å². The number of hydrogen-bond acceptors (Lipinski definition) is 11. The molecule has 0 unspecified atom stereocenters. The summed E-state index contributed by atoms with van der Waals surface area (Å²) >= 11 is 0. The van der Waals surface area contributed by atoms with Crippen LogP contribution in [0.1, 0.15) is 85.6 Å². The zero-order valence-electron chi connectivity index (χ0n) is 32.2. The number of amides is 5. The van der Waals surface area contributed by atoms with E-state index in [0.29, 0.717) is 56.9 Å². The molecule has 1 rings (SSSR count). The number of nitrogens with two attached hydrogens (primary N) is 1. The molecule has 6 N–H and O–H groups in total. The van der Waals surface area contributed by atoms with Crippen LogP contribution in [0.4, 0.5) is 15.3 Å². The summed E-state index contributed by atoms with van der Waals surface area (Å²) in [7, 11) is 0. The molecule has 0 fully saturated rings. The fraction of sp³-hybridized carbons (Fsp3) is 0.676. The molecule has 16 nitrogen and oxygen atoms in total. The van der Waals surface area contributed by atoms with Gasteiger partial charge < -0.3 is 40.6 Å². The van der Waals surface area contributed by atoms with Gasteiger partial charge in [0.25, 0.3) is 0 Å². The van der Waals surface area contributed by atoms with Crippen LogP contribution in [-0.4, -0.2) is 93.8 Å². The number of nitrogens with one attached hydrogen (secondary N) is 4. The molecule has 0 radical (unpaired) electrons. The zero-order valence-corrected chi connectivity index (χ0v) is 32.2. The average molecular weight is 752 g/mol. The van der Waals surface area contributed by atoms with Crippen LogP contribution in [0.2, 0.25) is 0 Å². The van der Waals surface area contributed by atoms with Crippen molar-refractivity contribution in [2.45, 2.75) is 98.8 Å². The first kappa shape index (κ1) is 46.9. The molecule has 0 aliphatic carbocycles. The number of carbonyl (C=O) groups is 6. The van der Waals surface area contributed by atoms with Crippen LogP contribution in [0.5, 0.6) is 0 Å². The summed E-state index contributed by atoms with van der Waals surface area (Å²) in [4.78, 5) is 79.1. The van der Waals surface area contributed by atoms with Crippen molar-refractivity contribution < 1.29 is 52.6 Å². The minimum absolute atomic E-state index is 0.0186. The molecule has 0 aromatic heterocycles. The van der Waals surface area contributed by atoms with E-state index < -0.39 is 30.0 Å². The quantitative estimate of drug-likeness (QED) is 0.0585. The van der Waals surface area contributed by atoms with E-state index in [1.165, 1.54) is 0 Å². The number of urea groups is 1. The summed E-state index contributed by atoms with van der Waals surface area (Å²) < 4.78 is 21.5. The van der Waals surface area contributed by atoms with Crippen LogP contribution < -0.4 is 27.2 Å². The highest BCUT2D eigenvalue weighted by molar-refractivity contribution is 5.97. The Kier molecular flexibility index (Phi) is 24.3. The first-order chi connectivity index (χ1) is 25.2. The highest BCUT2D eigenvalue weighted by Crippen LogP contribution is 2.19. The van der Waals surface area contributed by atoms with Crippen molar-refractivity contribution in [2.24, 2.45) is 23.5 Å². The zero-order chi connectivity index (χ0) is 39.6. The molecule has 0 heterocycles. The second kappa shape index (κ2) is 27.5. The maximum atomic E-state index is 13.5. The number of Topliss-reactive ketones (excluding diaryl/α,β-unsaturated/α-hetero) is 2. The lowest BCUT2D eigenvalue weighted by Crippen LogP contribution is -2.45. The number of ketones is 2. The maximum absolute atomic E-state index is 13.5. The van der Waals surface area contributed by atoms with Gasteiger partial charge in [-0.15, -0.1) is 0 Å². The van der Waals surface area contributed by atoms with Crippen molar-refractivity contribution in [3.63, 3.8) is 0 Å². The lowest BCUT2D eigenvalue weighted by molar-refractivity contribution is -0.131. The summed E-state index contributed by atoms with van der Waals surface area (Å²) in [5.74, 6) is -1.80. The van der Waals surface area contributed by atoms with E-state index >= 15 is 0 Å². The van der Waals surface area contributed by atoms with Gasteiger partial charge in [0, 0.05) is 49.9 Å². The number of hydroxylamine groups is 1. The molecule has 0 saturated heterocycles. The van der Waals surface area contributed by atoms with E-state index in [1.54, 1.807) is 38.1 Å². The Labute approximate surface area is 313 Å². The van der Waals surface area contributed by atoms with Crippen LogP contribution in [-0.2, 0) is 49.6 Å². The third kappa shape index (κ3) is 23.2. The van der Waals surface area contributed by atoms with Gasteiger partial charge in [0.05, 0.1) is 45.2 Å². The molecule has 0 aliphatic heterocycles. The van der Waals surface area contributed by atoms with Crippen LogP contribution in [0, 0.1) is 17.8 Å². The predicted octanol–water partition coefficient (Wildman–Crippen LogP) is 3.80. The number of primary amides is 1. The van der Waals surface area contributed by atoms with Crippen LogP contribution in [0.3, 0.4) is 0 Å². The monoisotopic (exact) mass is 751 g/mol. The molecular formula is C37H61N5O11. The predicted molar refractivity (Wildman–Crippen MR) is 197 cm³/mol. The topological polar surface area (TPSA) is 223 Å². The van der Waals surface area contributed by atoms with Gasteiger partial charge in [-0.3, -0.25) is 24.0 Å². The molecule has 16 heteroatoms. The Morgan fingerprint density at radius 3 is 1.96 bits per heavy atom. The molecule has 0 aliphatic rings. The third-order valence-electron chi connectivity index (χ3n) is 7.72. The number of ether oxygens (including phenoxy) is 4. The van der Waals surface area contributed by atoms with E-state index in [1.807, 2.05) is 27.7 Å². The molecular weight excluding hydrogens is 690 g/mol. The van der Waals surface area contributed by atoms with Gasteiger partial charge in [-0.1, -0.05) is 39.8 Å². The molecule has 1 aromatic rings. The van der Waals surface area contributed by atoms with E-state index in [-0.39, 0.29) is 81.0 Å². The van der Waals surface area contributed by atoms with Gasteiger partial charge in [-0.05, 0) is 56.7 Å². The lowest BCUT2D eigenvalue weighted by atomic mass is 9.89. The first-order valence-corrected chi connectivity index (χ1v) is 18.3. The van der Waals surface area contributed by atoms with E-state index in [9.17, 15) is 28.8 Å². The minimum atomic E-state index is -0.823. The summed E-state index contributed by atoms with van der Waals surface area (Å²) in [6.07, 6.45) is 0.818. The van der Waals surface area contributed by atoms with Gasteiger partial charge in [0.2, 0.25) is 11.8 Å². The smallest absolute Gasteiger partial charge is 0.431 e.